The van der Waals surface area contributed by atoms with E-state index >= 15 is 0 Å². The zero-order valence-corrected chi connectivity index (χ0v) is 20.3. The normalized spacial score (nSPS) is 14.5. The van der Waals surface area contributed by atoms with Gasteiger partial charge in [0.1, 0.15) is 17.3 Å². The fourth-order valence-electron chi connectivity index (χ4n) is 3.66. The van der Waals surface area contributed by atoms with Crippen LogP contribution in [0.1, 0.15) is 16.7 Å². The molecular weight excluding hydrogens is 492 g/mol. The first-order valence-electron chi connectivity index (χ1n) is 10.3. The molecule has 1 aliphatic heterocycles. The first kappa shape index (κ1) is 22.3. The average molecular weight is 516 g/mol. The van der Waals surface area contributed by atoms with Gasteiger partial charge in [0.05, 0.1) is 5.56 Å². The maximum atomic E-state index is 6.14. The zero-order valence-electron chi connectivity index (χ0n) is 17.1. The summed E-state index contributed by atoms with van der Waals surface area (Å²) in [6.45, 7) is 5.25. The first-order chi connectivity index (χ1) is 15.1. The molecule has 4 rings (SSSR count). The molecule has 1 aliphatic rings. The molecule has 1 saturated heterocycles. The molecule has 0 atom stereocenters. The van der Waals surface area contributed by atoms with Crippen molar-refractivity contribution in [3.05, 3.63) is 99.0 Å². The number of ether oxygens (including phenoxy) is 1. The molecule has 0 saturated carbocycles. The van der Waals surface area contributed by atoms with Crippen LogP contribution >= 0.6 is 39.7 Å². The monoisotopic (exact) mass is 514 g/mol. The molecule has 3 nitrogen and oxygen atoms in total. The van der Waals surface area contributed by atoms with E-state index in [1.165, 1.54) is 5.56 Å². The summed E-state index contributed by atoms with van der Waals surface area (Å²) in [7, 11) is 0. The lowest BCUT2D eigenvalue weighted by Gasteiger charge is -2.36. The summed E-state index contributed by atoms with van der Waals surface area (Å²) < 4.78 is 7.13. The highest BCUT2D eigenvalue weighted by Crippen LogP contribution is 2.27. The van der Waals surface area contributed by atoms with Crippen molar-refractivity contribution in [2.75, 3.05) is 26.2 Å². The Morgan fingerprint density at radius 3 is 2.32 bits per heavy atom. The molecule has 1 heterocycles. The Morgan fingerprint density at radius 2 is 1.61 bits per heavy atom. The van der Waals surface area contributed by atoms with E-state index < -0.39 is 0 Å². The largest absolute Gasteiger partial charge is 0.488 e. The second-order valence-corrected chi connectivity index (χ2v) is 9.35. The lowest BCUT2D eigenvalue weighted by molar-refractivity contribution is 0.177. The van der Waals surface area contributed by atoms with Gasteiger partial charge in [0.2, 0.25) is 0 Å². The Hall–Kier alpha value is -1.92. The number of thiocarbonyl (C=S) groups is 1. The fraction of sp³-hybridized carbons (Fsp3) is 0.240. The van der Waals surface area contributed by atoms with Crippen molar-refractivity contribution in [3.8, 4) is 5.75 Å². The third-order valence-corrected chi connectivity index (χ3v) is 6.61. The molecule has 160 valence electrons. The summed E-state index contributed by atoms with van der Waals surface area (Å²) in [6.07, 6.45) is 0. The number of benzene rings is 3. The van der Waals surface area contributed by atoms with Crippen molar-refractivity contribution in [2.45, 2.75) is 13.2 Å². The van der Waals surface area contributed by atoms with Gasteiger partial charge in [-0.2, -0.15) is 0 Å². The van der Waals surface area contributed by atoms with Crippen LogP contribution in [-0.4, -0.2) is 41.0 Å². The number of hydrogen-bond donors (Lipinski definition) is 0. The van der Waals surface area contributed by atoms with E-state index in [0.29, 0.717) is 6.61 Å². The molecule has 0 N–H and O–H groups in total. The van der Waals surface area contributed by atoms with Gasteiger partial charge < -0.3 is 9.64 Å². The van der Waals surface area contributed by atoms with E-state index in [2.05, 4.69) is 62.1 Å². The summed E-state index contributed by atoms with van der Waals surface area (Å²) in [4.78, 5) is 5.60. The Morgan fingerprint density at radius 1 is 0.903 bits per heavy atom. The van der Waals surface area contributed by atoms with Crippen LogP contribution in [0, 0.1) is 0 Å². The molecule has 0 amide bonds. The number of rotatable bonds is 6. The smallest absolute Gasteiger partial charge is 0.130 e. The number of halogens is 2. The summed E-state index contributed by atoms with van der Waals surface area (Å²) >= 11 is 15.5. The van der Waals surface area contributed by atoms with Gasteiger partial charge in [-0.25, -0.2) is 0 Å². The van der Waals surface area contributed by atoms with E-state index in [1.807, 2.05) is 36.4 Å². The highest BCUT2D eigenvalue weighted by Gasteiger charge is 2.22. The van der Waals surface area contributed by atoms with Gasteiger partial charge in [-0.05, 0) is 41.5 Å². The maximum Gasteiger partial charge on any atom is 0.130 e. The minimum atomic E-state index is 0.471. The van der Waals surface area contributed by atoms with Crippen LogP contribution in [0.25, 0.3) is 0 Å². The van der Waals surface area contributed by atoms with Gasteiger partial charge in [0, 0.05) is 42.2 Å². The maximum absolute atomic E-state index is 6.14. The molecule has 0 bridgehead atoms. The minimum Gasteiger partial charge on any atom is -0.488 e. The van der Waals surface area contributed by atoms with E-state index in [4.69, 9.17) is 28.6 Å². The van der Waals surface area contributed by atoms with Crippen molar-refractivity contribution in [1.29, 1.82) is 0 Å². The van der Waals surface area contributed by atoms with E-state index in [0.717, 1.165) is 64.1 Å². The van der Waals surface area contributed by atoms with Crippen molar-refractivity contribution in [3.63, 3.8) is 0 Å². The van der Waals surface area contributed by atoms with E-state index in [1.54, 1.807) is 0 Å². The van der Waals surface area contributed by atoms with Gasteiger partial charge in [-0.1, -0.05) is 82.2 Å². The van der Waals surface area contributed by atoms with Crippen LogP contribution in [-0.2, 0) is 13.2 Å². The number of piperazine rings is 1. The average Bonchev–Trinajstić information content (AvgIpc) is 2.80. The molecular formula is C25H24BrClN2OS. The van der Waals surface area contributed by atoms with Crippen LogP contribution in [0.4, 0.5) is 0 Å². The highest BCUT2D eigenvalue weighted by molar-refractivity contribution is 9.10. The Balaban J connectivity index is 1.40. The van der Waals surface area contributed by atoms with Crippen LogP contribution < -0.4 is 4.74 Å². The minimum absolute atomic E-state index is 0.471. The zero-order chi connectivity index (χ0) is 21.6. The van der Waals surface area contributed by atoms with Gasteiger partial charge in [-0.3, -0.25) is 4.90 Å². The third kappa shape index (κ3) is 6.07. The summed E-state index contributed by atoms with van der Waals surface area (Å²) in [6, 6.07) is 24.3. The topological polar surface area (TPSA) is 15.7 Å². The lowest BCUT2D eigenvalue weighted by atomic mass is 10.1. The van der Waals surface area contributed by atoms with Crippen molar-refractivity contribution < 1.29 is 4.74 Å². The summed E-state index contributed by atoms with van der Waals surface area (Å²) in [5.74, 6) is 0.801. The lowest BCUT2D eigenvalue weighted by Crippen LogP contribution is -2.48. The Labute approximate surface area is 202 Å². The predicted molar refractivity (Wildman–Crippen MR) is 135 cm³/mol. The van der Waals surface area contributed by atoms with E-state index in [-0.39, 0.29) is 0 Å². The molecule has 3 aromatic rings. The highest BCUT2D eigenvalue weighted by atomic mass is 79.9. The van der Waals surface area contributed by atoms with Gasteiger partial charge >= 0.3 is 0 Å². The molecule has 31 heavy (non-hydrogen) atoms. The number of nitrogens with zero attached hydrogens (tertiary/aromatic N) is 2. The molecule has 0 aromatic heterocycles. The molecule has 1 fully saturated rings. The van der Waals surface area contributed by atoms with Crippen LogP contribution in [0.15, 0.2) is 77.3 Å². The van der Waals surface area contributed by atoms with E-state index in [9.17, 15) is 0 Å². The summed E-state index contributed by atoms with van der Waals surface area (Å²) in [5.41, 5.74) is 3.37. The van der Waals surface area contributed by atoms with Gasteiger partial charge in [0.15, 0.2) is 0 Å². The molecule has 6 heteroatoms. The van der Waals surface area contributed by atoms with Crippen molar-refractivity contribution in [2.24, 2.45) is 0 Å². The predicted octanol–water partition coefficient (Wildman–Crippen LogP) is 6.17. The third-order valence-electron chi connectivity index (χ3n) is 5.39. The second-order valence-electron chi connectivity index (χ2n) is 7.61. The molecule has 0 spiro atoms. The van der Waals surface area contributed by atoms with Crippen molar-refractivity contribution >= 4 is 44.7 Å². The molecule has 0 radical (unpaired) electrons. The van der Waals surface area contributed by atoms with Gasteiger partial charge in [-0.15, -0.1) is 0 Å². The molecule has 0 unspecified atom stereocenters. The van der Waals surface area contributed by atoms with Crippen LogP contribution in [0.5, 0.6) is 5.75 Å². The first-order valence-corrected chi connectivity index (χ1v) is 11.9. The number of hydrogen-bond acceptors (Lipinski definition) is 3. The van der Waals surface area contributed by atoms with Crippen molar-refractivity contribution in [1.82, 2.24) is 9.80 Å². The van der Waals surface area contributed by atoms with Crippen LogP contribution in [0.2, 0.25) is 5.02 Å². The second kappa shape index (κ2) is 10.6. The summed E-state index contributed by atoms with van der Waals surface area (Å²) in [5, 5.41) is 0.723. The Bertz CT molecular complexity index is 1020. The van der Waals surface area contributed by atoms with Crippen LogP contribution in [0.3, 0.4) is 0 Å². The standard InChI is InChI=1S/C25H24BrClN2OS/c26-21-8-11-24(30-18-20-6-9-22(27)10-7-20)23(16-21)25(31)29-14-12-28(13-15-29)17-19-4-2-1-3-5-19/h1-11,16H,12-15,17-18H2. The molecule has 0 aliphatic carbocycles. The fourth-order valence-corrected chi connectivity index (χ4v) is 4.49. The Kier molecular flexibility index (Phi) is 7.62. The SMILES string of the molecule is S=C(c1cc(Br)ccc1OCc1ccc(Cl)cc1)N1CCN(Cc2ccccc2)CC1. The van der Waals surface area contributed by atoms with Gasteiger partial charge in [0.25, 0.3) is 0 Å². The quantitative estimate of drug-likeness (QED) is 0.364. The molecule has 3 aromatic carbocycles.